The smallest absolute Gasteiger partial charge is 0.150 e. The second kappa shape index (κ2) is 4.19. The lowest BCUT2D eigenvalue weighted by Crippen LogP contribution is -2.42. The normalized spacial score (nSPS) is 33.3. The first-order chi connectivity index (χ1) is 6.66. The van der Waals surface area contributed by atoms with E-state index in [0.717, 1.165) is 19.3 Å². The molecule has 1 unspecified atom stereocenters. The molecule has 0 bridgehead atoms. The van der Waals surface area contributed by atoms with Crippen molar-refractivity contribution in [3.63, 3.8) is 0 Å². The third-order valence-corrected chi connectivity index (χ3v) is 5.13. The molecule has 0 radical (unpaired) electrons. The summed E-state index contributed by atoms with van der Waals surface area (Å²) in [5.41, 5.74) is 0. The number of nitrogens with one attached hydrogen (secondary N) is 1. The third-order valence-electron chi connectivity index (χ3n) is 3.36. The van der Waals surface area contributed by atoms with Gasteiger partial charge in [-0.05, 0) is 32.1 Å². The van der Waals surface area contributed by atoms with Crippen molar-refractivity contribution >= 4 is 9.84 Å². The zero-order valence-corrected chi connectivity index (χ0v) is 9.35. The van der Waals surface area contributed by atoms with E-state index in [9.17, 15) is 8.42 Å². The highest BCUT2D eigenvalue weighted by Gasteiger charge is 2.25. The van der Waals surface area contributed by atoms with E-state index in [1.165, 1.54) is 19.3 Å². The van der Waals surface area contributed by atoms with Gasteiger partial charge in [-0.15, -0.1) is 0 Å². The van der Waals surface area contributed by atoms with Gasteiger partial charge in [-0.25, -0.2) is 8.42 Å². The SMILES string of the molecule is O=S1(=O)CCCC(NC2CCC2)CC1. The second-order valence-electron chi connectivity index (χ2n) is 4.57. The van der Waals surface area contributed by atoms with Gasteiger partial charge in [-0.1, -0.05) is 6.42 Å². The van der Waals surface area contributed by atoms with Crippen molar-refractivity contribution < 1.29 is 8.42 Å². The Morgan fingerprint density at radius 3 is 2.14 bits per heavy atom. The first-order valence-electron chi connectivity index (χ1n) is 5.62. The van der Waals surface area contributed by atoms with Gasteiger partial charge in [0.15, 0.2) is 0 Å². The summed E-state index contributed by atoms with van der Waals surface area (Å²) in [6, 6.07) is 1.14. The zero-order chi connectivity index (χ0) is 10.0. The van der Waals surface area contributed by atoms with Crippen LogP contribution >= 0.6 is 0 Å². The fourth-order valence-corrected chi connectivity index (χ4v) is 3.65. The van der Waals surface area contributed by atoms with Crippen LogP contribution in [0, 0.1) is 0 Å². The van der Waals surface area contributed by atoms with Gasteiger partial charge in [0, 0.05) is 12.1 Å². The minimum absolute atomic E-state index is 0.386. The molecule has 1 saturated carbocycles. The van der Waals surface area contributed by atoms with Crippen LogP contribution in [0.2, 0.25) is 0 Å². The van der Waals surface area contributed by atoms with Gasteiger partial charge in [0.1, 0.15) is 9.84 Å². The van der Waals surface area contributed by atoms with Gasteiger partial charge in [0.2, 0.25) is 0 Å². The quantitative estimate of drug-likeness (QED) is 0.753. The molecular weight excluding hydrogens is 198 g/mol. The molecule has 82 valence electrons. The molecule has 0 aromatic rings. The summed E-state index contributed by atoms with van der Waals surface area (Å²) in [6.45, 7) is 0. The van der Waals surface area contributed by atoms with Crippen molar-refractivity contribution in [1.82, 2.24) is 5.32 Å². The van der Waals surface area contributed by atoms with Crippen LogP contribution in [0.1, 0.15) is 38.5 Å². The van der Waals surface area contributed by atoms with Gasteiger partial charge in [-0.2, -0.15) is 0 Å². The van der Waals surface area contributed by atoms with Gasteiger partial charge < -0.3 is 5.32 Å². The maximum atomic E-state index is 11.4. The van der Waals surface area contributed by atoms with Crippen LogP contribution < -0.4 is 5.32 Å². The Kier molecular flexibility index (Phi) is 3.12. The first kappa shape index (κ1) is 10.4. The van der Waals surface area contributed by atoms with Crippen molar-refractivity contribution in [1.29, 1.82) is 0 Å². The van der Waals surface area contributed by atoms with Crippen LogP contribution in [0.5, 0.6) is 0 Å². The van der Waals surface area contributed by atoms with Crippen molar-refractivity contribution in [3.05, 3.63) is 0 Å². The molecule has 1 aliphatic carbocycles. The Morgan fingerprint density at radius 1 is 0.857 bits per heavy atom. The first-order valence-corrected chi connectivity index (χ1v) is 7.44. The molecule has 2 rings (SSSR count). The van der Waals surface area contributed by atoms with Crippen LogP contribution in [-0.2, 0) is 9.84 Å². The molecule has 0 spiro atoms. The van der Waals surface area contributed by atoms with Crippen LogP contribution in [0.3, 0.4) is 0 Å². The Balaban J connectivity index is 1.82. The van der Waals surface area contributed by atoms with E-state index < -0.39 is 9.84 Å². The topological polar surface area (TPSA) is 46.2 Å². The fourth-order valence-electron chi connectivity index (χ4n) is 2.19. The van der Waals surface area contributed by atoms with E-state index in [2.05, 4.69) is 5.32 Å². The predicted octanol–water partition coefficient (Wildman–Crippen LogP) is 1.10. The van der Waals surface area contributed by atoms with Gasteiger partial charge in [0.25, 0.3) is 0 Å². The van der Waals surface area contributed by atoms with E-state index in [0.29, 0.717) is 23.6 Å². The summed E-state index contributed by atoms with van der Waals surface area (Å²) in [6.07, 6.45) is 6.59. The molecule has 4 heteroatoms. The number of hydrogen-bond donors (Lipinski definition) is 1. The summed E-state index contributed by atoms with van der Waals surface area (Å²) in [7, 11) is -2.72. The predicted molar refractivity (Wildman–Crippen MR) is 57.1 cm³/mol. The van der Waals surface area contributed by atoms with Crippen molar-refractivity contribution in [2.75, 3.05) is 11.5 Å². The lowest BCUT2D eigenvalue weighted by molar-refractivity contribution is 0.293. The third kappa shape index (κ3) is 2.70. The average molecular weight is 217 g/mol. The number of sulfone groups is 1. The van der Waals surface area contributed by atoms with Gasteiger partial charge >= 0.3 is 0 Å². The largest absolute Gasteiger partial charge is 0.311 e. The van der Waals surface area contributed by atoms with E-state index in [4.69, 9.17) is 0 Å². The molecule has 0 amide bonds. The Morgan fingerprint density at radius 2 is 1.50 bits per heavy atom. The summed E-state index contributed by atoms with van der Waals surface area (Å²) >= 11 is 0. The highest BCUT2D eigenvalue weighted by molar-refractivity contribution is 7.91. The summed E-state index contributed by atoms with van der Waals surface area (Å²) in [5.74, 6) is 0.785. The summed E-state index contributed by atoms with van der Waals surface area (Å²) in [4.78, 5) is 0. The summed E-state index contributed by atoms with van der Waals surface area (Å²) < 4.78 is 22.7. The molecular formula is C10H19NO2S. The molecule has 14 heavy (non-hydrogen) atoms. The van der Waals surface area contributed by atoms with E-state index >= 15 is 0 Å². The molecule has 1 N–H and O–H groups in total. The molecule has 1 atom stereocenters. The maximum absolute atomic E-state index is 11.4. The molecule has 2 fully saturated rings. The molecule has 1 heterocycles. The minimum Gasteiger partial charge on any atom is -0.311 e. The molecule has 1 saturated heterocycles. The average Bonchev–Trinajstić information content (AvgIpc) is 2.20. The Labute approximate surface area is 86.2 Å². The fraction of sp³-hybridized carbons (Fsp3) is 1.00. The molecule has 2 aliphatic rings. The highest BCUT2D eigenvalue weighted by Crippen LogP contribution is 2.21. The van der Waals surface area contributed by atoms with Gasteiger partial charge in [-0.3, -0.25) is 0 Å². The van der Waals surface area contributed by atoms with Crippen molar-refractivity contribution in [3.8, 4) is 0 Å². The van der Waals surface area contributed by atoms with Crippen LogP contribution in [0.15, 0.2) is 0 Å². The van der Waals surface area contributed by atoms with Gasteiger partial charge in [0.05, 0.1) is 11.5 Å². The summed E-state index contributed by atoms with van der Waals surface area (Å²) in [5, 5.41) is 3.57. The highest BCUT2D eigenvalue weighted by atomic mass is 32.2. The lowest BCUT2D eigenvalue weighted by atomic mass is 9.91. The standard InChI is InChI=1S/C10H19NO2S/c12-14(13)7-2-5-10(6-8-14)11-9-3-1-4-9/h9-11H,1-8H2. The van der Waals surface area contributed by atoms with Crippen molar-refractivity contribution in [2.45, 2.75) is 50.6 Å². The maximum Gasteiger partial charge on any atom is 0.150 e. The van der Waals surface area contributed by atoms with E-state index in [1.54, 1.807) is 0 Å². The lowest BCUT2D eigenvalue weighted by Gasteiger charge is -2.31. The number of rotatable bonds is 2. The van der Waals surface area contributed by atoms with Crippen molar-refractivity contribution in [2.24, 2.45) is 0 Å². The molecule has 0 aromatic heterocycles. The van der Waals surface area contributed by atoms with Crippen LogP contribution in [-0.4, -0.2) is 32.0 Å². The van der Waals surface area contributed by atoms with Crippen LogP contribution in [0.4, 0.5) is 0 Å². The molecule has 0 aromatic carbocycles. The Bertz CT molecular complexity index is 282. The number of hydrogen-bond acceptors (Lipinski definition) is 3. The molecule has 1 aliphatic heterocycles. The zero-order valence-electron chi connectivity index (χ0n) is 8.54. The van der Waals surface area contributed by atoms with Crippen LogP contribution in [0.25, 0.3) is 0 Å². The minimum atomic E-state index is -2.72. The van der Waals surface area contributed by atoms with E-state index in [1.807, 2.05) is 0 Å². The molecule has 3 nitrogen and oxygen atoms in total. The van der Waals surface area contributed by atoms with E-state index in [-0.39, 0.29) is 0 Å². The monoisotopic (exact) mass is 217 g/mol. The Hall–Kier alpha value is -0.0900. The second-order valence-corrected chi connectivity index (χ2v) is 6.88.